The van der Waals surface area contributed by atoms with Crippen LogP contribution in [0.1, 0.15) is 11.3 Å². The molecule has 35 heavy (non-hydrogen) atoms. The first kappa shape index (κ1) is 24.8. The number of benzene rings is 2. The van der Waals surface area contributed by atoms with Crippen molar-refractivity contribution in [2.24, 2.45) is 0 Å². The van der Waals surface area contributed by atoms with E-state index in [0.29, 0.717) is 6.07 Å². The Morgan fingerprint density at radius 3 is 2.03 bits per heavy atom. The molecule has 13 heteroatoms. The zero-order chi connectivity index (χ0) is 25.6. The fourth-order valence-electron chi connectivity index (χ4n) is 3.23. The standard InChI is InChI=1S/C22H12F6N2O3S2/c23-21(24,25)15-6-4-12(5-7-15)17-11-18(22(26,27)28)30-19(29-17)14-3-1-2-13(10-14)16-8-9-34-20(16)35(31,32)33/h1-11H,(H,31,32,33). The maximum Gasteiger partial charge on any atom is 0.433 e. The smallest absolute Gasteiger partial charge is 0.281 e. The molecule has 0 atom stereocenters. The van der Waals surface area contributed by atoms with Gasteiger partial charge in [0.1, 0.15) is 5.69 Å². The lowest BCUT2D eigenvalue weighted by Gasteiger charge is -2.12. The van der Waals surface area contributed by atoms with Crippen LogP contribution in [0.15, 0.2) is 70.3 Å². The van der Waals surface area contributed by atoms with Crippen LogP contribution >= 0.6 is 11.3 Å². The second-order valence-electron chi connectivity index (χ2n) is 7.21. The number of hydrogen-bond acceptors (Lipinski definition) is 5. The number of thiophene rings is 1. The molecule has 0 fully saturated rings. The van der Waals surface area contributed by atoms with Crippen molar-refractivity contribution in [2.75, 3.05) is 0 Å². The Balaban J connectivity index is 1.84. The van der Waals surface area contributed by atoms with E-state index in [4.69, 9.17) is 0 Å². The van der Waals surface area contributed by atoms with Gasteiger partial charge in [0.2, 0.25) is 0 Å². The van der Waals surface area contributed by atoms with E-state index in [1.165, 1.54) is 35.7 Å². The van der Waals surface area contributed by atoms with E-state index in [1.54, 1.807) is 0 Å². The first-order valence-corrected chi connectivity index (χ1v) is 11.8. The molecule has 0 unspecified atom stereocenters. The van der Waals surface area contributed by atoms with E-state index in [0.717, 1.165) is 35.6 Å². The van der Waals surface area contributed by atoms with Crippen LogP contribution in [-0.2, 0) is 22.5 Å². The quantitative estimate of drug-likeness (QED) is 0.231. The van der Waals surface area contributed by atoms with E-state index in [1.807, 2.05) is 0 Å². The molecule has 0 aliphatic heterocycles. The van der Waals surface area contributed by atoms with Gasteiger partial charge in [-0.2, -0.15) is 34.8 Å². The number of hydrogen-bond donors (Lipinski definition) is 1. The summed E-state index contributed by atoms with van der Waals surface area (Å²) in [6, 6.07) is 11.2. The Labute approximate surface area is 198 Å². The lowest BCUT2D eigenvalue weighted by Crippen LogP contribution is -2.10. The largest absolute Gasteiger partial charge is 0.433 e. The molecule has 5 nitrogen and oxygen atoms in total. The third-order valence-corrected chi connectivity index (χ3v) is 7.14. The molecule has 0 radical (unpaired) electrons. The summed E-state index contributed by atoms with van der Waals surface area (Å²) in [6.45, 7) is 0. The molecule has 0 saturated heterocycles. The Bertz CT molecular complexity index is 1490. The SMILES string of the molecule is O=S(=O)(O)c1sccc1-c1cccc(-c2nc(-c3ccc(C(F)(F)F)cc3)cc(C(F)(F)F)n2)c1. The van der Waals surface area contributed by atoms with Crippen LogP contribution in [0.4, 0.5) is 26.3 Å². The molecule has 2 heterocycles. The monoisotopic (exact) mass is 530 g/mol. The number of aromatic nitrogens is 2. The second-order valence-corrected chi connectivity index (χ2v) is 9.75. The predicted octanol–water partition coefficient (Wildman–Crippen LogP) is 6.82. The molecule has 0 saturated carbocycles. The van der Waals surface area contributed by atoms with Gasteiger partial charge in [-0.25, -0.2) is 9.97 Å². The van der Waals surface area contributed by atoms with Crippen molar-refractivity contribution in [1.82, 2.24) is 9.97 Å². The minimum atomic E-state index is -4.87. The number of nitrogens with zero attached hydrogens (tertiary/aromatic N) is 2. The summed E-state index contributed by atoms with van der Waals surface area (Å²) in [5, 5.41) is 1.43. The summed E-state index contributed by atoms with van der Waals surface area (Å²) in [6.07, 6.45) is -9.49. The molecule has 2 aromatic carbocycles. The van der Waals surface area contributed by atoms with Crippen molar-refractivity contribution in [3.05, 3.63) is 77.3 Å². The molecular weight excluding hydrogens is 518 g/mol. The van der Waals surface area contributed by atoms with Crippen molar-refractivity contribution >= 4 is 21.5 Å². The van der Waals surface area contributed by atoms with Crippen LogP contribution in [0.5, 0.6) is 0 Å². The van der Waals surface area contributed by atoms with Crippen LogP contribution in [0.2, 0.25) is 0 Å². The highest BCUT2D eigenvalue weighted by atomic mass is 32.3. The molecule has 0 spiro atoms. The van der Waals surface area contributed by atoms with Crippen LogP contribution in [0.3, 0.4) is 0 Å². The summed E-state index contributed by atoms with van der Waals surface area (Å²) < 4.78 is 112. The van der Waals surface area contributed by atoms with Gasteiger partial charge in [-0.1, -0.05) is 30.3 Å². The highest BCUT2D eigenvalue weighted by Gasteiger charge is 2.34. The number of alkyl halides is 6. The van der Waals surface area contributed by atoms with Gasteiger partial charge in [0.05, 0.1) is 11.3 Å². The van der Waals surface area contributed by atoms with E-state index in [2.05, 4.69) is 9.97 Å². The van der Waals surface area contributed by atoms with Crippen molar-refractivity contribution < 1.29 is 39.3 Å². The summed E-state index contributed by atoms with van der Waals surface area (Å²) in [7, 11) is -4.54. The molecule has 0 bridgehead atoms. The minimum absolute atomic E-state index is 0.00907. The molecule has 182 valence electrons. The Morgan fingerprint density at radius 1 is 0.771 bits per heavy atom. The summed E-state index contributed by atoms with van der Waals surface area (Å²) in [5.41, 5.74) is -2.02. The fourth-order valence-corrected chi connectivity index (χ4v) is 4.99. The lowest BCUT2D eigenvalue weighted by molar-refractivity contribution is -0.141. The van der Waals surface area contributed by atoms with Crippen molar-refractivity contribution in [3.8, 4) is 33.8 Å². The first-order chi connectivity index (χ1) is 16.2. The number of halogens is 6. The lowest BCUT2D eigenvalue weighted by atomic mass is 10.0. The zero-order valence-electron chi connectivity index (χ0n) is 17.1. The van der Waals surface area contributed by atoms with E-state index in [-0.39, 0.29) is 38.0 Å². The number of rotatable bonds is 4. The third kappa shape index (κ3) is 5.36. The molecular formula is C22H12F6N2O3S2. The van der Waals surface area contributed by atoms with Gasteiger partial charge in [-0.15, -0.1) is 11.3 Å². The summed E-state index contributed by atoms with van der Waals surface area (Å²) >= 11 is 0.763. The van der Waals surface area contributed by atoms with Gasteiger partial charge in [-0.3, -0.25) is 4.55 Å². The highest BCUT2D eigenvalue weighted by Crippen LogP contribution is 2.36. The van der Waals surface area contributed by atoms with Crippen molar-refractivity contribution in [1.29, 1.82) is 0 Å². The fraction of sp³-hybridized carbons (Fsp3) is 0.0909. The van der Waals surface area contributed by atoms with Crippen LogP contribution in [-0.4, -0.2) is 22.9 Å². The predicted molar refractivity (Wildman–Crippen MR) is 116 cm³/mol. The summed E-state index contributed by atoms with van der Waals surface area (Å²) in [5.74, 6) is -0.375. The van der Waals surface area contributed by atoms with Crippen LogP contribution < -0.4 is 0 Å². The van der Waals surface area contributed by atoms with Crippen LogP contribution in [0, 0.1) is 0 Å². The van der Waals surface area contributed by atoms with Gasteiger partial charge >= 0.3 is 22.5 Å². The first-order valence-electron chi connectivity index (χ1n) is 9.53. The zero-order valence-corrected chi connectivity index (χ0v) is 18.7. The molecule has 1 N–H and O–H groups in total. The van der Waals surface area contributed by atoms with E-state index < -0.39 is 33.7 Å². The minimum Gasteiger partial charge on any atom is -0.281 e. The van der Waals surface area contributed by atoms with Crippen molar-refractivity contribution in [3.63, 3.8) is 0 Å². The Hall–Kier alpha value is -3.29. The topological polar surface area (TPSA) is 80.2 Å². The van der Waals surface area contributed by atoms with Gasteiger partial charge in [0.15, 0.2) is 10.0 Å². The van der Waals surface area contributed by atoms with E-state index in [9.17, 15) is 39.3 Å². The molecule has 0 aliphatic carbocycles. The molecule has 0 aliphatic rings. The second kappa shape index (κ2) is 8.73. The van der Waals surface area contributed by atoms with Gasteiger partial charge in [-0.05, 0) is 41.3 Å². The normalized spacial score (nSPS) is 12.7. The van der Waals surface area contributed by atoms with Crippen LogP contribution in [0.25, 0.3) is 33.8 Å². The molecule has 4 rings (SSSR count). The van der Waals surface area contributed by atoms with Gasteiger partial charge in [0, 0.05) is 16.7 Å². The molecule has 2 aromatic heterocycles. The Morgan fingerprint density at radius 2 is 1.43 bits per heavy atom. The third-order valence-electron chi connectivity index (χ3n) is 4.82. The average molecular weight is 530 g/mol. The molecule has 0 amide bonds. The maximum absolute atomic E-state index is 13.6. The van der Waals surface area contributed by atoms with Crippen molar-refractivity contribution in [2.45, 2.75) is 16.6 Å². The van der Waals surface area contributed by atoms with E-state index >= 15 is 0 Å². The van der Waals surface area contributed by atoms with Gasteiger partial charge in [0.25, 0.3) is 0 Å². The summed E-state index contributed by atoms with van der Waals surface area (Å²) in [4.78, 5) is 7.69. The Kier molecular flexibility index (Phi) is 6.19. The van der Waals surface area contributed by atoms with Gasteiger partial charge < -0.3 is 0 Å². The average Bonchev–Trinajstić information content (AvgIpc) is 3.29. The molecule has 4 aromatic rings. The maximum atomic E-state index is 13.6. The highest BCUT2D eigenvalue weighted by molar-refractivity contribution is 7.88.